The van der Waals surface area contributed by atoms with Crippen molar-refractivity contribution in [2.45, 2.75) is 19.9 Å². The van der Waals surface area contributed by atoms with Gasteiger partial charge in [0, 0.05) is 13.6 Å². The van der Waals surface area contributed by atoms with E-state index in [1.165, 1.54) is 4.68 Å². The van der Waals surface area contributed by atoms with Gasteiger partial charge >= 0.3 is 0 Å². The van der Waals surface area contributed by atoms with Crippen molar-refractivity contribution in [1.29, 1.82) is 0 Å². The summed E-state index contributed by atoms with van der Waals surface area (Å²) < 4.78 is 7.35. The van der Waals surface area contributed by atoms with Crippen LogP contribution in [0.2, 0.25) is 0 Å². The van der Waals surface area contributed by atoms with E-state index < -0.39 is 0 Å². The lowest BCUT2D eigenvalue weighted by molar-refractivity contribution is 0.202. The molecule has 0 amide bonds. The van der Waals surface area contributed by atoms with E-state index in [0.717, 1.165) is 18.8 Å². The van der Waals surface area contributed by atoms with Gasteiger partial charge in [0.2, 0.25) is 0 Å². The van der Waals surface area contributed by atoms with E-state index in [-0.39, 0.29) is 11.6 Å². The normalized spacial score (nSPS) is 12.6. The van der Waals surface area contributed by atoms with E-state index in [9.17, 15) is 4.79 Å². The van der Waals surface area contributed by atoms with Gasteiger partial charge in [-0.25, -0.2) is 4.68 Å². The van der Waals surface area contributed by atoms with E-state index in [1.54, 1.807) is 19.5 Å². The fourth-order valence-electron chi connectivity index (χ4n) is 2.40. The maximum absolute atomic E-state index is 11.9. The van der Waals surface area contributed by atoms with Gasteiger partial charge in [-0.05, 0) is 41.2 Å². The Kier molecular flexibility index (Phi) is 5.79. The van der Waals surface area contributed by atoms with Crippen LogP contribution in [0.15, 0.2) is 38.3 Å². The van der Waals surface area contributed by atoms with Crippen LogP contribution < -0.4 is 10.9 Å². The third-order valence-electron chi connectivity index (χ3n) is 3.69. The molecule has 0 bridgehead atoms. The second-order valence-corrected chi connectivity index (χ2v) is 5.73. The van der Waals surface area contributed by atoms with E-state index in [0.29, 0.717) is 16.7 Å². The largest absolute Gasteiger partial charge is 0.468 e. The minimum absolute atomic E-state index is 0.0981. The highest BCUT2D eigenvalue weighted by atomic mass is 79.9. The summed E-state index contributed by atoms with van der Waals surface area (Å²) in [7, 11) is 1.62. The molecule has 7 heteroatoms. The molecule has 6 nitrogen and oxygen atoms in total. The topological polar surface area (TPSA) is 63.3 Å². The number of hydrogen-bond donors (Lipinski definition) is 1. The lowest BCUT2D eigenvalue weighted by Crippen LogP contribution is -2.33. The smallest absolute Gasteiger partial charge is 0.282 e. The molecule has 1 unspecified atom stereocenters. The van der Waals surface area contributed by atoms with Crippen molar-refractivity contribution in [2.24, 2.45) is 7.05 Å². The second-order valence-electron chi connectivity index (χ2n) is 4.93. The SMILES string of the molecule is CCN(CC)C(CNc1cnn(C)c(=O)c1Br)c1ccco1. The highest BCUT2D eigenvalue weighted by molar-refractivity contribution is 9.10. The molecule has 1 atom stereocenters. The Labute approximate surface area is 138 Å². The first-order valence-electron chi connectivity index (χ1n) is 7.31. The summed E-state index contributed by atoms with van der Waals surface area (Å²) in [6, 6.07) is 3.96. The highest BCUT2D eigenvalue weighted by Crippen LogP contribution is 2.23. The molecular weight excluding hydrogens is 348 g/mol. The zero-order chi connectivity index (χ0) is 16.1. The van der Waals surface area contributed by atoms with Crippen molar-refractivity contribution in [3.05, 3.63) is 45.2 Å². The van der Waals surface area contributed by atoms with Gasteiger partial charge < -0.3 is 9.73 Å². The molecule has 0 saturated carbocycles. The fourth-order valence-corrected chi connectivity index (χ4v) is 2.89. The third-order valence-corrected chi connectivity index (χ3v) is 4.46. The predicted octanol–water partition coefficient (Wildman–Crippen LogP) is 2.63. The number of furan rings is 1. The summed E-state index contributed by atoms with van der Waals surface area (Å²) in [6.07, 6.45) is 3.33. The number of anilines is 1. The van der Waals surface area contributed by atoms with Crippen molar-refractivity contribution < 1.29 is 4.42 Å². The molecular formula is C15H21BrN4O2. The molecule has 120 valence electrons. The Morgan fingerprint density at radius 2 is 2.18 bits per heavy atom. The van der Waals surface area contributed by atoms with Crippen LogP contribution in [0.3, 0.4) is 0 Å². The summed E-state index contributed by atoms with van der Waals surface area (Å²) in [5.41, 5.74) is 0.522. The lowest BCUT2D eigenvalue weighted by Gasteiger charge is -2.28. The minimum Gasteiger partial charge on any atom is -0.468 e. The zero-order valence-electron chi connectivity index (χ0n) is 13.0. The van der Waals surface area contributed by atoms with Crippen LogP contribution in [0.25, 0.3) is 0 Å². The van der Waals surface area contributed by atoms with Gasteiger partial charge in [0.25, 0.3) is 5.56 Å². The maximum atomic E-state index is 11.9. The summed E-state index contributed by atoms with van der Waals surface area (Å²) >= 11 is 3.33. The summed E-state index contributed by atoms with van der Waals surface area (Å²) in [6.45, 7) is 6.70. The van der Waals surface area contributed by atoms with E-state index >= 15 is 0 Å². The van der Waals surface area contributed by atoms with Gasteiger partial charge in [-0.15, -0.1) is 0 Å². The number of rotatable bonds is 7. The number of aryl methyl sites for hydroxylation is 1. The van der Waals surface area contributed by atoms with Crippen LogP contribution in [-0.2, 0) is 7.05 Å². The fraction of sp³-hybridized carbons (Fsp3) is 0.467. The molecule has 2 heterocycles. The Morgan fingerprint density at radius 1 is 1.45 bits per heavy atom. The molecule has 1 N–H and O–H groups in total. The van der Waals surface area contributed by atoms with Crippen LogP contribution in [-0.4, -0.2) is 34.3 Å². The third kappa shape index (κ3) is 3.59. The molecule has 0 aliphatic carbocycles. The van der Waals surface area contributed by atoms with Crippen LogP contribution in [0.4, 0.5) is 5.69 Å². The molecule has 0 aromatic carbocycles. The number of nitrogens with zero attached hydrogens (tertiary/aromatic N) is 3. The van der Waals surface area contributed by atoms with Gasteiger partial charge in [-0.3, -0.25) is 9.69 Å². The lowest BCUT2D eigenvalue weighted by atomic mass is 10.2. The Hall–Kier alpha value is -1.60. The van der Waals surface area contributed by atoms with Gasteiger partial charge in [0.1, 0.15) is 10.2 Å². The standard InChI is InChI=1S/C15H21BrN4O2/c1-4-20(5-2)12(13-7-6-8-22-13)10-17-11-9-18-19(3)15(21)14(11)16/h6-9,12,17H,4-5,10H2,1-3H3. The first-order chi connectivity index (χ1) is 10.6. The van der Waals surface area contributed by atoms with Crippen LogP contribution >= 0.6 is 15.9 Å². The summed E-state index contributed by atoms with van der Waals surface area (Å²) in [5.74, 6) is 0.907. The van der Waals surface area contributed by atoms with E-state index in [1.807, 2.05) is 12.1 Å². The van der Waals surface area contributed by atoms with Gasteiger partial charge in [0.15, 0.2) is 0 Å². The highest BCUT2D eigenvalue weighted by Gasteiger charge is 2.21. The summed E-state index contributed by atoms with van der Waals surface area (Å²) in [4.78, 5) is 14.2. The molecule has 0 fully saturated rings. The molecule has 2 aromatic rings. The second kappa shape index (κ2) is 7.60. The quantitative estimate of drug-likeness (QED) is 0.813. The minimum atomic E-state index is -0.164. The Bertz CT molecular complexity index is 650. The van der Waals surface area contributed by atoms with Gasteiger partial charge in [0.05, 0.1) is 24.2 Å². The maximum Gasteiger partial charge on any atom is 0.282 e. The molecule has 22 heavy (non-hydrogen) atoms. The Morgan fingerprint density at radius 3 is 2.77 bits per heavy atom. The first kappa shape index (κ1) is 16.8. The van der Waals surface area contributed by atoms with Crippen molar-refractivity contribution in [3.63, 3.8) is 0 Å². The van der Waals surface area contributed by atoms with E-state index in [4.69, 9.17) is 4.42 Å². The number of aromatic nitrogens is 2. The Balaban J connectivity index is 2.19. The van der Waals surface area contributed by atoms with Crippen LogP contribution in [0.5, 0.6) is 0 Å². The first-order valence-corrected chi connectivity index (χ1v) is 8.10. The van der Waals surface area contributed by atoms with Crippen molar-refractivity contribution in [3.8, 4) is 0 Å². The number of likely N-dealkylation sites (N-methyl/N-ethyl adjacent to an activating group) is 1. The van der Waals surface area contributed by atoms with Gasteiger partial charge in [-0.2, -0.15) is 5.10 Å². The average molecular weight is 369 g/mol. The zero-order valence-corrected chi connectivity index (χ0v) is 14.6. The number of nitrogens with one attached hydrogen (secondary N) is 1. The molecule has 2 aromatic heterocycles. The molecule has 0 radical (unpaired) electrons. The predicted molar refractivity (Wildman–Crippen MR) is 90.0 cm³/mol. The van der Waals surface area contributed by atoms with Crippen molar-refractivity contribution >= 4 is 21.6 Å². The van der Waals surface area contributed by atoms with Crippen molar-refractivity contribution in [2.75, 3.05) is 25.0 Å². The van der Waals surface area contributed by atoms with Crippen LogP contribution in [0.1, 0.15) is 25.6 Å². The number of halogens is 1. The number of hydrogen-bond acceptors (Lipinski definition) is 5. The van der Waals surface area contributed by atoms with E-state index in [2.05, 4.69) is 45.1 Å². The molecule has 0 saturated heterocycles. The van der Waals surface area contributed by atoms with Crippen LogP contribution in [0, 0.1) is 0 Å². The van der Waals surface area contributed by atoms with Crippen molar-refractivity contribution in [1.82, 2.24) is 14.7 Å². The molecule has 2 rings (SSSR count). The molecule has 0 aliphatic heterocycles. The average Bonchev–Trinajstić information content (AvgIpc) is 3.05. The summed E-state index contributed by atoms with van der Waals surface area (Å²) in [5, 5.41) is 7.33. The van der Waals surface area contributed by atoms with Gasteiger partial charge in [-0.1, -0.05) is 13.8 Å². The molecule has 0 spiro atoms. The monoisotopic (exact) mass is 368 g/mol. The molecule has 0 aliphatic rings.